The van der Waals surface area contributed by atoms with E-state index in [4.69, 9.17) is 10.2 Å². The van der Waals surface area contributed by atoms with E-state index in [0.717, 1.165) is 18.0 Å². The Morgan fingerprint density at radius 3 is 2.73 bits per heavy atom. The van der Waals surface area contributed by atoms with Crippen LogP contribution in [0.3, 0.4) is 0 Å². The van der Waals surface area contributed by atoms with Crippen molar-refractivity contribution in [2.45, 2.75) is 12.8 Å². The quantitative estimate of drug-likeness (QED) is 0.822. The SMILES string of the molecule is NCCc1nc(Cc2ccccc2)co1. The number of nitrogens with zero attached hydrogens (tertiary/aromatic N) is 1. The maximum atomic E-state index is 5.42. The van der Waals surface area contributed by atoms with E-state index in [9.17, 15) is 0 Å². The van der Waals surface area contributed by atoms with Gasteiger partial charge in [-0.25, -0.2) is 4.98 Å². The van der Waals surface area contributed by atoms with Crippen molar-refractivity contribution in [1.82, 2.24) is 4.98 Å². The molecule has 0 aliphatic heterocycles. The Kier molecular flexibility index (Phi) is 3.15. The molecule has 0 aliphatic rings. The van der Waals surface area contributed by atoms with Gasteiger partial charge in [-0.2, -0.15) is 0 Å². The van der Waals surface area contributed by atoms with Gasteiger partial charge in [-0.15, -0.1) is 0 Å². The first-order valence-corrected chi connectivity index (χ1v) is 5.06. The number of nitrogens with two attached hydrogens (primary N) is 1. The van der Waals surface area contributed by atoms with E-state index in [1.54, 1.807) is 6.26 Å². The van der Waals surface area contributed by atoms with E-state index in [1.165, 1.54) is 5.56 Å². The van der Waals surface area contributed by atoms with E-state index in [0.29, 0.717) is 13.0 Å². The Morgan fingerprint density at radius 2 is 2.00 bits per heavy atom. The number of benzene rings is 1. The summed E-state index contributed by atoms with van der Waals surface area (Å²) in [5.41, 5.74) is 7.63. The number of hydrogen-bond donors (Lipinski definition) is 1. The van der Waals surface area contributed by atoms with Gasteiger partial charge < -0.3 is 10.2 Å². The van der Waals surface area contributed by atoms with Gasteiger partial charge >= 0.3 is 0 Å². The summed E-state index contributed by atoms with van der Waals surface area (Å²) in [7, 11) is 0. The number of hydrogen-bond acceptors (Lipinski definition) is 3. The molecule has 1 aromatic carbocycles. The van der Waals surface area contributed by atoms with Crippen LogP contribution in [-0.2, 0) is 12.8 Å². The van der Waals surface area contributed by atoms with Gasteiger partial charge in [-0.1, -0.05) is 30.3 Å². The zero-order valence-corrected chi connectivity index (χ0v) is 8.52. The molecule has 3 heteroatoms. The third-order valence-electron chi connectivity index (χ3n) is 2.19. The van der Waals surface area contributed by atoms with E-state index >= 15 is 0 Å². The molecule has 78 valence electrons. The third-order valence-corrected chi connectivity index (χ3v) is 2.19. The molecule has 0 bridgehead atoms. The first-order chi connectivity index (χ1) is 7.38. The normalized spacial score (nSPS) is 10.5. The van der Waals surface area contributed by atoms with Crippen molar-refractivity contribution in [3.05, 3.63) is 53.7 Å². The lowest BCUT2D eigenvalue weighted by atomic mass is 10.1. The molecule has 1 aromatic heterocycles. The second-order valence-electron chi connectivity index (χ2n) is 3.43. The average Bonchev–Trinajstić information content (AvgIpc) is 2.68. The van der Waals surface area contributed by atoms with Gasteiger partial charge in [0.1, 0.15) is 6.26 Å². The molecule has 0 radical (unpaired) electrons. The van der Waals surface area contributed by atoms with Crippen molar-refractivity contribution < 1.29 is 4.42 Å². The van der Waals surface area contributed by atoms with E-state index < -0.39 is 0 Å². The van der Waals surface area contributed by atoms with Crippen LogP contribution in [0.1, 0.15) is 17.1 Å². The lowest BCUT2D eigenvalue weighted by molar-refractivity contribution is 0.496. The molecule has 0 saturated heterocycles. The summed E-state index contributed by atoms with van der Waals surface area (Å²) >= 11 is 0. The summed E-state index contributed by atoms with van der Waals surface area (Å²) in [5, 5.41) is 0. The molecule has 2 N–H and O–H groups in total. The molecule has 3 nitrogen and oxygen atoms in total. The summed E-state index contributed by atoms with van der Waals surface area (Å²) in [6.07, 6.45) is 3.22. The van der Waals surface area contributed by atoms with Crippen LogP contribution in [0.15, 0.2) is 41.0 Å². The van der Waals surface area contributed by atoms with Gasteiger partial charge in [0.25, 0.3) is 0 Å². The molecule has 0 saturated carbocycles. The van der Waals surface area contributed by atoms with Crippen LogP contribution < -0.4 is 5.73 Å². The van der Waals surface area contributed by atoms with Crippen molar-refractivity contribution in [3.8, 4) is 0 Å². The highest BCUT2D eigenvalue weighted by atomic mass is 16.3. The third kappa shape index (κ3) is 2.67. The summed E-state index contributed by atoms with van der Waals surface area (Å²) < 4.78 is 5.29. The standard InChI is InChI=1S/C12H14N2O/c13-7-6-12-14-11(9-15-12)8-10-4-2-1-3-5-10/h1-5,9H,6-8,13H2. The first kappa shape index (κ1) is 9.93. The average molecular weight is 202 g/mol. The summed E-state index contributed by atoms with van der Waals surface area (Å²) in [6.45, 7) is 0.575. The zero-order chi connectivity index (χ0) is 10.5. The molecular formula is C12H14N2O. The lowest BCUT2D eigenvalue weighted by Gasteiger charge is -1.95. The van der Waals surface area contributed by atoms with Crippen LogP contribution in [0.25, 0.3) is 0 Å². The van der Waals surface area contributed by atoms with Crippen LogP contribution >= 0.6 is 0 Å². The fraction of sp³-hybridized carbons (Fsp3) is 0.250. The molecule has 0 aliphatic carbocycles. The van der Waals surface area contributed by atoms with E-state index in [-0.39, 0.29) is 0 Å². The predicted octanol–water partition coefficient (Wildman–Crippen LogP) is 1.77. The van der Waals surface area contributed by atoms with Gasteiger partial charge in [0.2, 0.25) is 0 Å². The summed E-state index contributed by atoms with van der Waals surface area (Å²) in [4.78, 5) is 4.35. The fourth-order valence-corrected chi connectivity index (χ4v) is 1.47. The highest BCUT2D eigenvalue weighted by molar-refractivity contribution is 5.20. The molecule has 0 amide bonds. The van der Waals surface area contributed by atoms with Crippen LogP contribution in [0.2, 0.25) is 0 Å². The Bertz CT molecular complexity index is 409. The van der Waals surface area contributed by atoms with E-state index in [2.05, 4.69) is 17.1 Å². The molecule has 2 aromatic rings. The van der Waals surface area contributed by atoms with Crippen LogP contribution in [0, 0.1) is 0 Å². The number of oxazole rings is 1. The second-order valence-corrected chi connectivity index (χ2v) is 3.43. The van der Waals surface area contributed by atoms with Crippen LogP contribution in [0.5, 0.6) is 0 Å². The highest BCUT2D eigenvalue weighted by Gasteiger charge is 2.03. The molecule has 15 heavy (non-hydrogen) atoms. The van der Waals surface area contributed by atoms with Gasteiger partial charge in [-0.3, -0.25) is 0 Å². The Balaban J connectivity index is 2.05. The second kappa shape index (κ2) is 4.75. The van der Waals surface area contributed by atoms with Gasteiger partial charge in [0, 0.05) is 19.4 Å². The van der Waals surface area contributed by atoms with Crippen LogP contribution in [-0.4, -0.2) is 11.5 Å². The Labute approximate surface area is 88.9 Å². The molecule has 1 heterocycles. The van der Waals surface area contributed by atoms with Crippen molar-refractivity contribution >= 4 is 0 Å². The van der Waals surface area contributed by atoms with Crippen molar-refractivity contribution in [1.29, 1.82) is 0 Å². The minimum absolute atomic E-state index is 0.575. The smallest absolute Gasteiger partial charge is 0.195 e. The first-order valence-electron chi connectivity index (χ1n) is 5.06. The maximum Gasteiger partial charge on any atom is 0.195 e. The summed E-state index contributed by atoms with van der Waals surface area (Å²) in [6, 6.07) is 10.2. The largest absolute Gasteiger partial charge is 0.449 e. The molecular weight excluding hydrogens is 188 g/mol. The van der Waals surface area contributed by atoms with Gasteiger partial charge in [-0.05, 0) is 5.56 Å². The minimum atomic E-state index is 0.575. The van der Waals surface area contributed by atoms with Crippen LogP contribution in [0.4, 0.5) is 0 Å². The predicted molar refractivity (Wildman–Crippen MR) is 58.5 cm³/mol. The molecule has 0 spiro atoms. The minimum Gasteiger partial charge on any atom is -0.449 e. The number of aromatic nitrogens is 1. The Morgan fingerprint density at radius 1 is 1.20 bits per heavy atom. The zero-order valence-electron chi connectivity index (χ0n) is 8.52. The van der Waals surface area contributed by atoms with Gasteiger partial charge in [0.05, 0.1) is 5.69 Å². The van der Waals surface area contributed by atoms with Crippen molar-refractivity contribution in [3.63, 3.8) is 0 Å². The van der Waals surface area contributed by atoms with E-state index in [1.807, 2.05) is 18.2 Å². The van der Waals surface area contributed by atoms with Crippen molar-refractivity contribution in [2.75, 3.05) is 6.54 Å². The fourth-order valence-electron chi connectivity index (χ4n) is 1.47. The Hall–Kier alpha value is -1.61. The van der Waals surface area contributed by atoms with Gasteiger partial charge in [0.15, 0.2) is 5.89 Å². The molecule has 0 atom stereocenters. The molecule has 0 fully saturated rings. The maximum absolute atomic E-state index is 5.42. The van der Waals surface area contributed by atoms with Crippen molar-refractivity contribution in [2.24, 2.45) is 5.73 Å². The number of rotatable bonds is 4. The summed E-state index contributed by atoms with van der Waals surface area (Å²) in [5.74, 6) is 0.725. The topological polar surface area (TPSA) is 52.0 Å². The molecule has 2 rings (SSSR count). The highest BCUT2D eigenvalue weighted by Crippen LogP contribution is 2.09. The molecule has 0 unspecified atom stereocenters. The monoisotopic (exact) mass is 202 g/mol. The lowest BCUT2D eigenvalue weighted by Crippen LogP contribution is -2.02.